The molecule has 11 heteroatoms. The Kier molecular flexibility index (Phi) is 6.06. The molecule has 36 heavy (non-hydrogen) atoms. The Hall–Kier alpha value is -3.68. The van der Waals surface area contributed by atoms with Gasteiger partial charge in [-0.25, -0.2) is 13.8 Å². The maximum atomic E-state index is 14.0. The zero-order chi connectivity index (χ0) is 25.6. The average Bonchev–Trinajstić information content (AvgIpc) is 2.81. The Morgan fingerprint density at radius 1 is 1.17 bits per heavy atom. The number of halogens is 2. The Morgan fingerprint density at radius 2 is 1.89 bits per heavy atom. The van der Waals surface area contributed by atoms with Crippen LogP contribution in [0.15, 0.2) is 44.7 Å². The van der Waals surface area contributed by atoms with Gasteiger partial charge in [0.2, 0.25) is 5.56 Å². The van der Waals surface area contributed by atoms with Crippen LogP contribution in [-0.4, -0.2) is 40.4 Å². The Balaban J connectivity index is 1.80. The number of rotatable bonds is 4. The molecule has 4 heterocycles. The van der Waals surface area contributed by atoms with Crippen molar-refractivity contribution in [3.05, 3.63) is 78.1 Å². The highest BCUT2D eigenvalue weighted by molar-refractivity contribution is 6.31. The second-order valence-electron chi connectivity index (χ2n) is 9.35. The predicted molar refractivity (Wildman–Crippen MR) is 132 cm³/mol. The quantitative estimate of drug-likeness (QED) is 0.576. The van der Waals surface area contributed by atoms with Crippen molar-refractivity contribution in [2.45, 2.75) is 26.3 Å². The van der Waals surface area contributed by atoms with Gasteiger partial charge in [-0.2, -0.15) is 5.26 Å². The third kappa shape index (κ3) is 4.04. The second kappa shape index (κ2) is 9.08. The standard InChI is InChI=1S/C25H23ClFN5O4/c1-15-10-17(12-20(33)29-15)32-23(34)21(16-2-3-19(27)18(26)11-16)22(31(7-6-28)24(32)35)30-13-25(14-30)4-8-36-9-5-25/h2-3,10-12H,4-5,7-9,13-14H2,1H3,(H,29,33). The zero-order valence-electron chi connectivity index (χ0n) is 19.5. The SMILES string of the molecule is Cc1cc(-n2c(=O)c(-c3ccc(F)c(Cl)c3)c(N3CC4(CCOCC4)C3)n(CC#N)c2=O)cc(=O)[nH]1. The number of aromatic amines is 1. The normalized spacial score (nSPS) is 16.6. The molecule has 2 fully saturated rings. The molecule has 2 aromatic heterocycles. The van der Waals surface area contributed by atoms with E-state index in [9.17, 15) is 24.0 Å². The van der Waals surface area contributed by atoms with Crippen LogP contribution in [0.4, 0.5) is 10.2 Å². The summed E-state index contributed by atoms with van der Waals surface area (Å²) in [5.41, 5.74) is -0.983. The molecule has 1 N–H and O–H groups in total. The molecular weight excluding hydrogens is 489 g/mol. The molecule has 0 amide bonds. The molecule has 0 atom stereocenters. The lowest BCUT2D eigenvalue weighted by atomic mass is 9.73. The van der Waals surface area contributed by atoms with E-state index in [-0.39, 0.29) is 34.1 Å². The Labute approximate surface area is 209 Å². The molecular formula is C25H23ClFN5O4. The van der Waals surface area contributed by atoms with Gasteiger partial charge in [-0.1, -0.05) is 17.7 Å². The van der Waals surface area contributed by atoms with Crippen LogP contribution in [0.3, 0.4) is 0 Å². The maximum Gasteiger partial charge on any atom is 0.338 e. The van der Waals surface area contributed by atoms with Gasteiger partial charge in [-0.15, -0.1) is 0 Å². The molecule has 0 aliphatic carbocycles. The summed E-state index contributed by atoms with van der Waals surface area (Å²) in [4.78, 5) is 44.3. The van der Waals surface area contributed by atoms with Gasteiger partial charge in [0.1, 0.15) is 18.2 Å². The summed E-state index contributed by atoms with van der Waals surface area (Å²) in [6.07, 6.45) is 1.71. The average molecular weight is 512 g/mol. The predicted octanol–water partition coefficient (Wildman–Crippen LogP) is 2.60. The molecule has 0 radical (unpaired) electrons. The number of nitrogens with one attached hydrogen (secondary N) is 1. The minimum atomic E-state index is -0.744. The number of aromatic nitrogens is 3. The third-order valence-electron chi connectivity index (χ3n) is 6.88. The number of H-pyrrole nitrogens is 1. The number of nitrogens with zero attached hydrogens (tertiary/aromatic N) is 4. The zero-order valence-corrected chi connectivity index (χ0v) is 20.3. The largest absolute Gasteiger partial charge is 0.381 e. The topological polar surface area (TPSA) is 113 Å². The summed E-state index contributed by atoms with van der Waals surface area (Å²) >= 11 is 6.07. The van der Waals surface area contributed by atoms with Gasteiger partial charge in [-0.3, -0.25) is 14.2 Å². The first kappa shape index (κ1) is 24.0. The summed E-state index contributed by atoms with van der Waals surface area (Å²) in [5, 5.41) is 9.40. The molecule has 2 aliphatic rings. The number of ether oxygens (including phenoxy) is 1. The lowest BCUT2D eigenvalue weighted by molar-refractivity contribution is -0.000681. The molecule has 1 spiro atoms. The molecule has 0 saturated carbocycles. The first-order valence-electron chi connectivity index (χ1n) is 11.5. The van der Waals surface area contributed by atoms with Crippen LogP contribution >= 0.6 is 11.6 Å². The van der Waals surface area contributed by atoms with Gasteiger partial charge >= 0.3 is 5.69 Å². The first-order valence-corrected chi connectivity index (χ1v) is 11.9. The van der Waals surface area contributed by atoms with Crippen molar-refractivity contribution >= 4 is 17.4 Å². The van der Waals surface area contributed by atoms with Crippen LogP contribution in [0.2, 0.25) is 5.02 Å². The number of hydrogen-bond donors (Lipinski definition) is 1. The Bertz CT molecular complexity index is 1570. The summed E-state index contributed by atoms with van der Waals surface area (Å²) in [6, 6.07) is 8.55. The highest BCUT2D eigenvalue weighted by Gasteiger charge is 2.46. The first-order chi connectivity index (χ1) is 17.2. The van der Waals surface area contributed by atoms with E-state index in [1.807, 2.05) is 11.0 Å². The van der Waals surface area contributed by atoms with E-state index >= 15 is 0 Å². The minimum absolute atomic E-state index is 0.00216. The third-order valence-corrected chi connectivity index (χ3v) is 7.17. The van der Waals surface area contributed by atoms with E-state index in [2.05, 4.69) is 4.98 Å². The summed E-state index contributed by atoms with van der Waals surface area (Å²) in [5.74, 6) is -0.368. The van der Waals surface area contributed by atoms with Crippen LogP contribution in [0, 0.1) is 29.5 Å². The van der Waals surface area contributed by atoms with Gasteiger partial charge < -0.3 is 14.6 Å². The number of benzene rings is 1. The molecule has 0 unspecified atom stereocenters. The van der Waals surface area contributed by atoms with Crippen LogP contribution in [0.1, 0.15) is 18.5 Å². The minimum Gasteiger partial charge on any atom is -0.381 e. The van der Waals surface area contributed by atoms with Crippen molar-refractivity contribution in [2.24, 2.45) is 5.41 Å². The van der Waals surface area contributed by atoms with E-state index in [1.54, 1.807) is 6.92 Å². The molecule has 0 bridgehead atoms. The Morgan fingerprint density at radius 3 is 2.53 bits per heavy atom. The molecule has 5 rings (SSSR count). The van der Waals surface area contributed by atoms with Crippen molar-refractivity contribution in [3.63, 3.8) is 0 Å². The molecule has 186 valence electrons. The highest BCUT2D eigenvalue weighted by atomic mass is 35.5. The fourth-order valence-electron chi connectivity index (χ4n) is 5.14. The fraction of sp³-hybridized carbons (Fsp3) is 0.360. The van der Waals surface area contributed by atoms with E-state index < -0.39 is 22.6 Å². The summed E-state index contributed by atoms with van der Waals surface area (Å²) < 4.78 is 21.6. The molecule has 3 aromatic rings. The molecule has 2 aliphatic heterocycles. The lowest BCUT2D eigenvalue weighted by Gasteiger charge is -2.53. The number of aryl methyl sites for hydroxylation is 1. The molecule has 2 saturated heterocycles. The van der Waals surface area contributed by atoms with Gasteiger partial charge in [0, 0.05) is 43.5 Å². The van der Waals surface area contributed by atoms with Crippen LogP contribution in [0.5, 0.6) is 0 Å². The number of hydrogen-bond acceptors (Lipinski definition) is 6. The number of pyridine rings is 1. The highest BCUT2D eigenvalue weighted by Crippen LogP contribution is 2.44. The van der Waals surface area contributed by atoms with Crippen molar-refractivity contribution in [1.82, 2.24) is 14.1 Å². The van der Waals surface area contributed by atoms with E-state index in [1.165, 1.54) is 22.8 Å². The van der Waals surface area contributed by atoms with E-state index in [4.69, 9.17) is 16.3 Å². The van der Waals surface area contributed by atoms with Gasteiger partial charge in [0.05, 0.1) is 22.3 Å². The van der Waals surface area contributed by atoms with Crippen molar-refractivity contribution in [2.75, 3.05) is 31.2 Å². The van der Waals surface area contributed by atoms with E-state index in [0.717, 1.165) is 29.5 Å². The van der Waals surface area contributed by atoms with Gasteiger partial charge in [0.25, 0.3) is 5.56 Å². The van der Waals surface area contributed by atoms with Crippen molar-refractivity contribution < 1.29 is 9.13 Å². The summed E-state index contributed by atoms with van der Waals surface area (Å²) in [6.45, 7) is 3.75. The van der Waals surface area contributed by atoms with E-state index in [0.29, 0.717) is 37.6 Å². The molecule has 9 nitrogen and oxygen atoms in total. The lowest BCUT2D eigenvalue weighted by Crippen LogP contribution is -2.60. The van der Waals surface area contributed by atoms with Crippen LogP contribution in [-0.2, 0) is 11.3 Å². The monoisotopic (exact) mass is 511 g/mol. The fourth-order valence-corrected chi connectivity index (χ4v) is 5.32. The van der Waals surface area contributed by atoms with Crippen molar-refractivity contribution in [3.8, 4) is 22.9 Å². The maximum absolute atomic E-state index is 14.0. The molecule has 1 aromatic carbocycles. The summed E-state index contributed by atoms with van der Waals surface area (Å²) in [7, 11) is 0. The van der Waals surface area contributed by atoms with Crippen molar-refractivity contribution in [1.29, 1.82) is 5.26 Å². The second-order valence-corrected chi connectivity index (χ2v) is 9.76. The number of nitriles is 1. The number of anilines is 1. The van der Waals surface area contributed by atoms with Gasteiger partial charge in [-0.05, 0) is 43.5 Å². The van der Waals surface area contributed by atoms with Gasteiger partial charge in [0.15, 0.2) is 0 Å². The van der Waals surface area contributed by atoms with Crippen LogP contribution in [0.25, 0.3) is 16.8 Å². The smallest absolute Gasteiger partial charge is 0.338 e. The van der Waals surface area contributed by atoms with Crippen LogP contribution < -0.4 is 21.7 Å².